The monoisotopic (exact) mass is 892 g/mol. The number of esters is 2. The fourth-order valence-electron chi connectivity index (χ4n) is 5.53. The van der Waals surface area contributed by atoms with E-state index in [9.17, 15) is 33.8 Å². The number of phosphoric ester groups is 2. The standard InChI is InChI=1S/C44H78O14P2/c1-3-5-7-8-9-10-11-12-13-14-19-22-25-28-31-35-44(48)58-42(39-57-60(52,53)56-37-41(46)36-55-59(49,50)51)38-54-43(47)34-30-27-24-21-18-16-15-17-20-23-26-29-33-40(45)32-6-4-2/h10-11,15-16,20-21,23-24,29,33,40-42,45-46H,3-9,12-14,17-19,22,25-28,30-32,34-39H2,1-2H3,(H,52,53)(H2,49,50,51)/b11-10-,16-15-,23-20-,24-21-,33-29-/t40-,41-,42+/m0/s1. The average Bonchev–Trinajstić information content (AvgIpc) is 3.20. The Hall–Kier alpha value is -2.22. The van der Waals surface area contributed by atoms with Crippen LogP contribution < -0.4 is 0 Å². The molecule has 14 nitrogen and oxygen atoms in total. The van der Waals surface area contributed by atoms with E-state index in [0.29, 0.717) is 19.3 Å². The molecule has 4 atom stereocenters. The fraction of sp³-hybridized carbons (Fsp3) is 0.727. The zero-order valence-electron chi connectivity index (χ0n) is 36.4. The van der Waals surface area contributed by atoms with Gasteiger partial charge in [0.2, 0.25) is 0 Å². The largest absolute Gasteiger partial charge is 0.472 e. The molecule has 0 aliphatic rings. The number of phosphoric acid groups is 2. The molecule has 5 N–H and O–H groups in total. The minimum Gasteiger partial charge on any atom is -0.462 e. The molecule has 16 heteroatoms. The summed E-state index contributed by atoms with van der Waals surface area (Å²) >= 11 is 0. The van der Waals surface area contributed by atoms with Crippen molar-refractivity contribution in [3.63, 3.8) is 0 Å². The van der Waals surface area contributed by atoms with E-state index in [4.69, 9.17) is 23.8 Å². The van der Waals surface area contributed by atoms with Crippen molar-refractivity contribution in [1.82, 2.24) is 0 Å². The van der Waals surface area contributed by atoms with Crippen molar-refractivity contribution >= 4 is 27.6 Å². The molecular formula is C44H78O14P2. The Morgan fingerprint density at radius 3 is 1.63 bits per heavy atom. The summed E-state index contributed by atoms with van der Waals surface area (Å²) in [5.41, 5.74) is 0. The minimum absolute atomic E-state index is 0.0998. The van der Waals surface area contributed by atoms with Gasteiger partial charge in [-0.15, -0.1) is 0 Å². The van der Waals surface area contributed by atoms with Crippen molar-refractivity contribution in [2.75, 3.05) is 26.4 Å². The summed E-state index contributed by atoms with van der Waals surface area (Å²) in [5.74, 6) is -1.13. The highest BCUT2D eigenvalue weighted by atomic mass is 31.2. The number of hydrogen-bond donors (Lipinski definition) is 5. The molecule has 0 amide bonds. The van der Waals surface area contributed by atoms with Gasteiger partial charge in [-0.25, -0.2) is 9.13 Å². The van der Waals surface area contributed by atoms with Gasteiger partial charge in [0, 0.05) is 12.8 Å². The van der Waals surface area contributed by atoms with Crippen molar-refractivity contribution in [1.29, 1.82) is 0 Å². The maximum atomic E-state index is 12.7. The van der Waals surface area contributed by atoms with Crippen LogP contribution in [-0.2, 0) is 41.8 Å². The first-order valence-electron chi connectivity index (χ1n) is 22.1. The van der Waals surface area contributed by atoms with E-state index in [1.54, 1.807) is 0 Å². The molecule has 0 bridgehead atoms. The van der Waals surface area contributed by atoms with E-state index in [-0.39, 0.29) is 18.9 Å². The maximum Gasteiger partial charge on any atom is 0.472 e. The van der Waals surface area contributed by atoms with Crippen LogP contribution in [0.1, 0.15) is 162 Å². The van der Waals surface area contributed by atoms with Gasteiger partial charge in [-0.1, -0.05) is 139 Å². The van der Waals surface area contributed by atoms with Crippen LogP contribution in [0, 0.1) is 0 Å². The summed E-state index contributed by atoms with van der Waals surface area (Å²) in [6.45, 7) is 1.51. The molecule has 0 fully saturated rings. The maximum absolute atomic E-state index is 12.7. The lowest BCUT2D eigenvalue weighted by Gasteiger charge is -2.20. The van der Waals surface area contributed by atoms with Crippen LogP contribution in [0.25, 0.3) is 0 Å². The zero-order chi connectivity index (χ0) is 44.6. The van der Waals surface area contributed by atoms with E-state index < -0.39 is 66.2 Å². The van der Waals surface area contributed by atoms with Gasteiger partial charge in [-0.3, -0.25) is 23.2 Å². The summed E-state index contributed by atoms with van der Waals surface area (Å²) in [4.78, 5) is 52.7. The number of unbranched alkanes of at least 4 members (excludes halogenated alkanes) is 13. The third-order valence-electron chi connectivity index (χ3n) is 8.94. The molecule has 0 aromatic carbocycles. The molecular weight excluding hydrogens is 814 g/mol. The van der Waals surface area contributed by atoms with Crippen molar-refractivity contribution < 1.29 is 66.7 Å². The van der Waals surface area contributed by atoms with E-state index in [0.717, 1.165) is 77.0 Å². The first kappa shape index (κ1) is 57.8. The van der Waals surface area contributed by atoms with Crippen LogP contribution >= 0.6 is 15.6 Å². The summed E-state index contributed by atoms with van der Waals surface area (Å²) in [6.07, 6.45) is 38.4. The Bertz CT molecular complexity index is 1310. The van der Waals surface area contributed by atoms with Crippen LogP contribution in [0.5, 0.6) is 0 Å². The van der Waals surface area contributed by atoms with Crippen molar-refractivity contribution in [2.45, 2.75) is 180 Å². The normalized spacial score (nSPS) is 15.1. The summed E-state index contributed by atoms with van der Waals surface area (Å²) < 4.78 is 47.7. The van der Waals surface area contributed by atoms with Gasteiger partial charge >= 0.3 is 27.6 Å². The number of hydrogen-bond acceptors (Lipinski definition) is 11. The van der Waals surface area contributed by atoms with Crippen LogP contribution in [0.15, 0.2) is 60.8 Å². The molecule has 0 heterocycles. The van der Waals surface area contributed by atoms with E-state index in [1.807, 2.05) is 24.3 Å². The molecule has 348 valence electrons. The fourth-order valence-corrected chi connectivity index (χ4v) is 6.69. The minimum atomic E-state index is -4.87. The van der Waals surface area contributed by atoms with Crippen LogP contribution in [0.2, 0.25) is 0 Å². The lowest BCUT2D eigenvalue weighted by Crippen LogP contribution is -2.30. The number of rotatable bonds is 41. The van der Waals surface area contributed by atoms with Gasteiger partial charge in [0.15, 0.2) is 6.10 Å². The lowest BCUT2D eigenvalue weighted by atomic mass is 10.1. The Kier molecular flexibility index (Phi) is 38.1. The molecule has 0 rings (SSSR count). The highest BCUT2D eigenvalue weighted by molar-refractivity contribution is 7.47. The number of aliphatic hydroxyl groups is 2. The third-order valence-corrected chi connectivity index (χ3v) is 10.4. The smallest absolute Gasteiger partial charge is 0.462 e. The highest BCUT2D eigenvalue weighted by Gasteiger charge is 2.28. The zero-order valence-corrected chi connectivity index (χ0v) is 38.2. The van der Waals surface area contributed by atoms with Gasteiger partial charge in [0.05, 0.1) is 25.9 Å². The van der Waals surface area contributed by atoms with E-state index in [1.165, 1.54) is 38.5 Å². The molecule has 0 aliphatic carbocycles. The average molecular weight is 893 g/mol. The van der Waals surface area contributed by atoms with E-state index in [2.05, 4.69) is 59.4 Å². The third kappa shape index (κ3) is 42.5. The number of carbonyl (C=O) groups is 2. The second-order valence-electron chi connectivity index (χ2n) is 14.8. The highest BCUT2D eigenvalue weighted by Crippen LogP contribution is 2.43. The van der Waals surface area contributed by atoms with Crippen LogP contribution in [-0.4, -0.2) is 81.6 Å². The summed E-state index contributed by atoms with van der Waals surface area (Å²) in [5, 5.41) is 19.6. The van der Waals surface area contributed by atoms with E-state index >= 15 is 0 Å². The first-order valence-corrected chi connectivity index (χ1v) is 25.1. The molecule has 0 aliphatic heterocycles. The number of allylic oxidation sites excluding steroid dienone is 9. The molecule has 60 heavy (non-hydrogen) atoms. The van der Waals surface area contributed by atoms with Crippen LogP contribution in [0.4, 0.5) is 0 Å². The molecule has 0 aromatic heterocycles. The molecule has 0 saturated heterocycles. The van der Waals surface area contributed by atoms with Gasteiger partial charge < -0.3 is 34.4 Å². The predicted octanol–water partition coefficient (Wildman–Crippen LogP) is 10.2. The lowest BCUT2D eigenvalue weighted by molar-refractivity contribution is -0.161. The first-order chi connectivity index (χ1) is 28.8. The second-order valence-corrected chi connectivity index (χ2v) is 17.5. The number of carbonyl (C=O) groups excluding carboxylic acids is 2. The van der Waals surface area contributed by atoms with Gasteiger partial charge in [0.1, 0.15) is 12.7 Å². The Morgan fingerprint density at radius 1 is 0.533 bits per heavy atom. The topological polar surface area (TPSA) is 216 Å². The summed E-state index contributed by atoms with van der Waals surface area (Å²) in [6, 6.07) is 0. The van der Waals surface area contributed by atoms with Crippen molar-refractivity contribution in [3.8, 4) is 0 Å². The molecule has 0 radical (unpaired) electrons. The van der Waals surface area contributed by atoms with Crippen LogP contribution in [0.3, 0.4) is 0 Å². The predicted molar refractivity (Wildman–Crippen MR) is 236 cm³/mol. The second kappa shape index (κ2) is 39.6. The Balaban J connectivity index is 4.64. The Morgan fingerprint density at radius 2 is 1.02 bits per heavy atom. The van der Waals surface area contributed by atoms with Gasteiger partial charge in [-0.05, 0) is 70.6 Å². The molecule has 1 unspecified atom stereocenters. The van der Waals surface area contributed by atoms with Gasteiger partial charge in [-0.2, -0.15) is 0 Å². The molecule has 0 aromatic rings. The quantitative estimate of drug-likeness (QED) is 0.0167. The van der Waals surface area contributed by atoms with Crippen molar-refractivity contribution in [3.05, 3.63) is 60.8 Å². The Labute approximate surface area is 360 Å². The van der Waals surface area contributed by atoms with Crippen molar-refractivity contribution in [2.24, 2.45) is 0 Å². The SMILES string of the molecule is CCCCCC/C=C\CCCCCCCCCC(=O)O[C@H](COC(=O)CCC/C=C\C/C=C\C/C=C\C/C=C\[C@@H](O)CCCC)COP(=O)(O)OC[C@@H](O)COP(=O)(O)O. The summed E-state index contributed by atoms with van der Waals surface area (Å²) in [7, 11) is -9.70. The molecule has 0 spiro atoms. The van der Waals surface area contributed by atoms with Gasteiger partial charge in [0.25, 0.3) is 0 Å². The number of ether oxygens (including phenoxy) is 2. The molecule has 0 saturated carbocycles. The number of aliphatic hydroxyl groups excluding tert-OH is 2.